The van der Waals surface area contributed by atoms with Crippen LogP contribution in [0.1, 0.15) is 38.6 Å². The van der Waals surface area contributed by atoms with Crippen LogP contribution in [0.2, 0.25) is 0 Å². The molecule has 1 aromatic carbocycles. The molecule has 1 aromatic heterocycles. The smallest absolute Gasteiger partial charge is 0.407 e. The van der Waals surface area contributed by atoms with Crippen molar-refractivity contribution in [2.75, 3.05) is 6.54 Å². The van der Waals surface area contributed by atoms with Crippen LogP contribution in [0, 0.1) is 12.7 Å². The Bertz CT molecular complexity index is 814. The van der Waals surface area contributed by atoms with Gasteiger partial charge in [-0.05, 0) is 39.3 Å². The molecule has 0 fully saturated rings. The predicted octanol–water partition coefficient (Wildman–Crippen LogP) is 3.14. The van der Waals surface area contributed by atoms with E-state index < -0.39 is 17.7 Å². The molecule has 1 heterocycles. The van der Waals surface area contributed by atoms with Crippen molar-refractivity contribution >= 4 is 12.1 Å². The van der Waals surface area contributed by atoms with E-state index in [-0.39, 0.29) is 37.1 Å². The number of carbonyl (C=O) groups excluding carboxylic acids is 2. The van der Waals surface area contributed by atoms with Gasteiger partial charge in [0.2, 0.25) is 5.82 Å². The van der Waals surface area contributed by atoms with Gasteiger partial charge in [0.05, 0.1) is 6.42 Å². The lowest BCUT2D eigenvalue weighted by Crippen LogP contribution is -2.33. The van der Waals surface area contributed by atoms with E-state index in [1.807, 2.05) is 0 Å². The number of hydrogen-bond acceptors (Lipinski definition) is 7. The molecule has 1 amide bonds. The number of hydrogen-bond donors (Lipinski definition) is 1. The summed E-state index contributed by atoms with van der Waals surface area (Å²) in [4.78, 5) is 27.2. The second kappa shape index (κ2) is 8.61. The van der Waals surface area contributed by atoms with Crippen LogP contribution in [0.5, 0.6) is 0 Å². The van der Waals surface area contributed by atoms with Crippen LogP contribution in [0.4, 0.5) is 9.18 Å². The molecule has 9 heteroatoms. The first-order valence-corrected chi connectivity index (χ1v) is 8.35. The largest absolute Gasteiger partial charge is 0.456 e. The Balaban J connectivity index is 1.77. The van der Waals surface area contributed by atoms with E-state index in [0.717, 1.165) is 0 Å². The fraction of sp³-hybridized carbons (Fsp3) is 0.444. The number of nitrogens with zero attached hydrogens (tertiary/aromatic N) is 2. The zero-order valence-electron chi connectivity index (χ0n) is 15.7. The molecule has 8 nitrogen and oxygen atoms in total. The number of nitrogens with one attached hydrogen (secondary N) is 1. The van der Waals surface area contributed by atoms with E-state index in [9.17, 15) is 14.0 Å². The van der Waals surface area contributed by atoms with E-state index >= 15 is 0 Å². The SMILES string of the molecule is Cc1ccc(-c2noc(COC(=O)CCNC(=O)OC(C)(C)C)n2)cc1F. The van der Waals surface area contributed by atoms with E-state index in [0.29, 0.717) is 11.1 Å². The number of alkyl carbamates (subject to hydrolysis) is 1. The molecule has 0 aliphatic rings. The Labute approximate surface area is 156 Å². The van der Waals surface area contributed by atoms with Gasteiger partial charge >= 0.3 is 12.1 Å². The summed E-state index contributed by atoms with van der Waals surface area (Å²) in [6.45, 7) is 6.73. The van der Waals surface area contributed by atoms with Crippen molar-refractivity contribution in [1.82, 2.24) is 15.5 Å². The fourth-order valence-corrected chi connectivity index (χ4v) is 1.96. The number of aromatic nitrogens is 2. The van der Waals surface area contributed by atoms with Crippen molar-refractivity contribution in [3.8, 4) is 11.4 Å². The maximum absolute atomic E-state index is 13.6. The summed E-state index contributed by atoms with van der Waals surface area (Å²) in [6.07, 6.45) is -0.647. The molecule has 2 aromatic rings. The Morgan fingerprint density at radius 2 is 2.04 bits per heavy atom. The molecule has 27 heavy (non-hydrogen) atoms. The average Bonchev–Trinajstić information content (AvgIpc) is 3.03. The summed E-state index contributed by atoms with van der Waals surface area (Å²) in [7, 11) is 0. The maximum Gasteiger partial charge on any atom is 0.407 e. The quantitative estimate of drug-likeness (QED) is 0.769. The average molecular weight is 379 g/mol. The van der Waals surface area contributed by atoms with Gasteiger partial charge in [-0.1, -0.05) is 17.3 Å². The van der Waals surface area contributed by atoms with E-state index in [1.54, 1.807) is 39.8 Å². The van der Waals surface area contributed by atoms with Crippen molar-refractivity contribution in [3.63, 3.8) is 0 Å². The van der Waals surface area contributed by atoms with Crippen LogP contribution in [0.15, 0.2) is 22.7 Å². The van der Waals surface area contributed by atoms with Crippen molar-refractivity contribution < 1.29 is 28.0 Å². The van der Waals surface area contributed by atoms with Crippen molar-refractivity contribution in [3.05, 3.63) is 35.5 Å². The number of rotatable bonds is 6. The van der Waals surface area contributed by atoms with E-state index in [2.05, 4.69) is 15.5 Å². The van der Waals surface area contributed by atoms with Gasteiger partial charge in [-0.25, -0.2) is 9.18 Å². The van der Waals surface area contributed by atoms with Crippen LogP contribution in [0.3, 0.4) is 0 Å². The summed E-state index contributed by atoms with van der Waals surface area (Å²) in [5, 5.41) is 6.19. The van der Waals surface area contributed by atoms with Gasteiger partial charge < -0.3 is 19.3 Å². The molecular weight excluding hydrogens is 357 g/mol. The summed E-state index contributed by atoms with van der Waals surface area (Å²) in [6, 6.07) is 4.58. The number of carbonyl (C=O) groups is 2. The summed E-state index contributed by atoms with van der Waals surface area (Å²) < 4.78 is 28.6. The summed E-state index contributed by atoms with van der Waals surface area (Å²) in [5.41, 5.74) is 0.359. The number of amides is 1. The van der Waals surface area contributed by atoms with Gasteiger partial charge in [0.15, 0.2) is 6.61 Å². The first-order valence-electron chi connectivity index (χ1n) is 8.35. The van der Waals surface area contributed by atoms with Crippen LogP contribution in [-0.4, -0.2) is 34.3 Å². The minimum atomic E-state index is -0.610. The maximum atomic E-state index is 13.6. The first kappa shape index (κ1) is 20.3. The van der Waals surface area contributed by atoms with Gasteiger partial charge in [-0.3, -0.25) is 4.79 Å². The number of halogens is 1. The topological polar surface area (TPSA) is 104 Å². The van der Waals surface area contributed by atoms with Crippen LogP contribution in [0.25, 0.3) is 11.4 Å². The molecule has 0 saturated heterocycles. The lowest BCUT2D eigenvalue weighted by molar-refractivity contribution is -0.145. The Morgan fingerprint density at radius 1 is 1.30 bits per heavy atom. The lowest BCUT2D eigenvalue weighted by Gasteiger charge is -2.19. The minimum Gasteiger partial charge on any atom is -0.456 e. The van der Waals surface area contributed by atoms with Gasteiger partial charge in [-0.15, -0.1) is 0 Å². The van der Waals surface area contributed by atoms with Gasteiger partial charge in [0, 0.05) is 12.1 Å². The zero-order valence-corrected chi connectivity index (χ0v) is 15.7. The third-order valence-corrected chi connectivity index (χ3v) is 3.25. The summed E-state index contributed by atoms with van der Waals surface area (Å²) >= 11 is 0. The molecular formula is C18H22FN3O5. The van der Waals surface area contributed by atoms with Crippen LogP contribution < -0.4 is 5.32 Å². The molecule has 0 radical (unpaired) electrons. The Kier molecular flexibility index (Phi) is 6.49. The third-order valence-electron chi connectivity index (χ3n) is 3.25. The third kappa shape index (κ3) is 6.69. The highest BCUT2D eigenvalue weighted by Crippen LogP contribution is 2.19. The highest BCUT2D eigenvalue weighted by atomic mass is 19.1. The van der Waals surface area contributed by atoms with Crippen LogP contribution >= 0.6 is 0 Å². The lowest BCUT2D eigenvalue weighted by atomic mass is 10.1. The van der Waals surface area contributed by atoms with E-state index in [1.165, 1.54) is 6.07 Å². The predicted molar refractivity (Wildman–Crippen MR) is 93.1 cm³/mol. The van der Waals surface area contributed by atoms with Crippen LogP contribution in [-0.2, 0) is 20.9 Å². The molecule has 146 valence electrons. The standard InChI is InChI=1S/C18H22FN3O5/c1-11-5-6-12(9-13(11)19)16-21-14(27-22-16)10-25-15(23)7-8-20-17(24)26-18(2,3)4/h5-6,9H,7-8,10H2,1-4H3,(H,20,24). The van der Waals surface area contributed by atoms with Gasteiger partial charge in [-0.2, -0.15) is 4.98 Å². The van der Waals surface area contributed by atoms with Crippen molar-refractivity contribution in [2.24, 2.45) is 0 Å². The van der Waals surface area contributed by atoms with E-state index in [4.69, 9.17) is 14.0 Å². The highest BCUT2D eigenvalue weighted by Gasteiger charge is 2.16. The van der Waals surface area contributed by atoms with Gasteiger partial charge in [0.1, 0.15) is 11.4 Å². The monoisotopic (exact) mass is 379 g/mol. The Hall–Kier alpha value is -2.97. The fourth-order valence-electron chi connectivity index (χ4n) is 1.96. The molecule has 0 atom stereocenters. The molecule has 0 unspecified atom stereocenters. The molecule has 0 aliphatic heterocycles. The van der Waals surface area contributed by atoms with Gasteiger partial charge in [0.25, 0.3) is 5.89 Å². The molecule has 0 bridgehead atoms. The first-order chi connectivity index (χ1) is 12.6. The normalized spacial score (nSPS) is 11.1. The molecule has 0 aliphatic carbocycles. The number of aryl methyl sites for hydroxylation is 1. The molecule has 0 saturated carbocycles. The number of ether oxygens (including phenoxy) is 2. The minimum absolute atomic E-state index is 0.0383. The summed E-state index contributed by atoms with van der Waals surface area (Å²) in [5.74, 6) is -0.638. The molecule has 1 N–H and O–H groups in total. The van der Waals surface area contributed by atoms with Crippen molar-refractivity contribution in [2.45, 2.75) is 46.3 Å². The zero-order chi connectivity index (χ0) is 20.0. The molecule has 0 spiro atoms. The number of esters is 1. The second-order valence-corrected chi connectivity index (χ2v) is 6.82. The Morgan fingerprint density at radius 3 is 2.70 bits per heavy atom. The highest BCUT2D eigenvalue weighted by molar-refractivity contribution is 5.72. The number of benzene rings is 1. The van der Waals surface area contributed by atoms with Crippen molar-refractivity contribution in [1.29, 1.82) is 0 Å². The molecule has 2 rings (SSSR count). The second-order valence-electron chi connectivity index (χ2n) is 6.82.